The summed E-state index contributed by atoms with van der Waals surface area (Å²) in [7, 11) is 1.66. The van der Waals surface area contributed by atoms with E-state index in [2.05, 4.69) is 24.8 Å². The maximum atomic E-state index is 10.8. The summed E-state index contributed by atoms with van der Waals surface area (Å²) >= 11 is 1.82. The number of hydrogen-bond donors (Lipinski definition) is 1. The van der Waals surface area contributed by atoms with Crippen LogP contribution in [0.5, 0.6) is 5.75 Å². The molecule has 1 aromatic rings. The van der Waals surface area contributed by atoms with Crippen LogP contribution in [0.1, 0.15) is 18.9 Å². The lowest BCUT2D eigenvalue weighted by Gasteiger charge is -2.38. The molecule has 0 amide bonds. The number of benzene rings is 1. The van der Waals surface area contributed by atoms with Gasteiger partial charge in [0.15, 0.2) is 0 Å². The van der Waals surface area contributed by atoms with Crippen LogP contribution in [0.15, 0.2) is 17.0 Å². The van der Waals surface area contributed by atoms with Crippen molar-refractivity contribution in [3.05, 3.63) is 17.7 Å². The van der Waals surface area contributed by atoms with Crippen LogP contribution in [0, 0.1) is 6.92 Å². The molecule has 1 aliphatic rings. The van der Waals surface area contributed by atoms with Gasteiger partial charge in [0, 0.05) is 23.2 Å². The van der Waals surface area contributed by atoms with Crippen LogP contribution in [-0.2, 0) is 4.79 Å². The first-order valence-electron chi connectivity index (χ1n) is 6.33. The Morgan fingerprint density at radius 1 is 1.58 bits per heavy atom. The predicted molar refractivity (Wildman–Crippen MR) is 77.5 cm³/mol. The Balaban J connectivity index is 2.41. The monoisotopic (exact) mass is 281 g/mol. The van der Waals surface area contributed by atoms with Crippen LogP contribution in [-0.4, -0.2) is 36.5 Å². The van der Waals surface area contributed by atoms with Crippen molar-refractivity contribution in [3.63, 3.8) is 0 Å². The number of carbonyl (C=O) groups is 1. The highest BCUT2D eigenvalue weighted by atomic mass is 32.2. The van der Waals surface area contributed by atoms with Gasteiger partial charge in [-0.05, 0) is 25.5 Å². The molecule has 1 atom stereocenters. The molecule has 0 aliphatic carbocycles. The van der Waals surface area contributed by atoms with Crippen molar-refractivity contribution < 1.29 is 14.6 Å². The standard InChI is InChI=1S/C14H19NO3S/c1-9-4-5-11(18-3)13-14(9)19-8-10(2)15(13)7-6-12(16)17/h4-5,10H,6-8H2,1-3H3,(H,16,17). The molecule has 1 heterocycles. The van der Waals surface area contributed by atoms with Gasteiger partial charge in [-0.15, -0.1) is 11.8 Å². The fourth-order valence-corrected chi connectivity index (χ4v) is 3.57. The topological polar surface area (TPSA) is 49.8 Å². The van der Waals surface area contributed by atoms with E-state index in [-0.39, 0.29) is 6.42 Å². The maximum Gasteiger partial charge on any atom is 0.305 e. The zero-order valence-corrected chi connectivity index (χ0v) is 12.3. The number of nitrogens with zero attached hydrogens (tertiary/aromatic N) is 1. The lowest BCUT2D eigenvalue weighted by atomic mass is 10.1. The fourth-order valence-electron chi connectivity index (χ4n) is 2.34. The fraction of sp³-hybridized carbons (Fsp3) is 0.500. The van der Waals surface area contributed by atoms with Gasteiger partial charge in [0.25, 0.3) is 0 Å². The van der Waals surface area contributed by atoms with Crippen LogP contribution < -0.4 is 9.64 Å². The summed E-state index contributed by atoms with van der Waals surface area (Å²) in [5.74, 6) is 1.03. The van der Waals surface area contributed by atoms with E-state index in [0.717, 1.165) is 17.2 Å². The van der Waals surface area contributed by atoms with Gasteiger partial charge in [0.2, 0.25) is 0 Å². The van der Waals surface area contributed by atoms with Gasteiger partial charge in [-0.1, -0.05) is 6.07 Å². The smallest absolute Gasteiger partial charge is 0.305 e. The van der Waals surface area contributed by atoms with Gasteiger partial charge in [-0.25, -0.2) is 0 Å². The molecule has 0 saturated heterocycles. The molecule has 104 valence electrons. The zero-order chi connectivity index (χ0) is 14.0. The molecule has 0 saturated carbocycles. The van der Waals surface area contributed by atoms with Gasteiger partial charge in [0.05, 0.1) is 19.2 Å². The number of aryl methyl sites for hydroxylation is 1. The van der Waals surface area contributed by atoms with Crippen molar-refractivity contribution in [3.8, 4) is 5.75 Å². The average molecular weight is 281 g/mol. The van der Waals surface area contributed by atoms with E-state index in [1.165, 1.54) is 10.5 Å². The van der Waals surface area contributed by atoms with Gasteiger partial charge in [-0.2, -0.15) is 0 Å². The van der Waals surface area contributed by atoms with Crippen molar-refractivity contribution in [2.45, 2.75) is 31.2 Å². The largest absolute Gasteiger partial charge is 0.495 e. The molecule has 1 unspecified atom stereocenters. The third kappa shape index (κ3) is 2.81. The average Bonchev–Trinajstić information content (AvgIpc) is 2.37. The molecule has 0 aromatic heterocycles. The number of hydrogen-bond acceptors (Lipinski definition) is 4. The zero-order valence-electron chi connectivity index (χ0n) is 11.5. The molecule has 1 aliphatic heterocycles. The summed E-state index contributed by atoms with van der Waals surface area (Å²) in [6.07, 6.45) is 0.144. The third-order valence-electron chi connectivity index (χ3n) is 3.37. The number of anilines is 1. The van der Waals surface area contributed by atoms with Crippen LogP contribution in [0.4, 0.5) is 5.69 Å². The minimum atomic E-state index is -0.765. The van der Waals surface area contributed by atoms with Crippen molar-refractivity contribution >= 4 is 23.4 Å². The number of fused-ring (bicyclic) bond motifs is 1. The second kappa shape index (κ2) is 5.74. The first kappa shape index (κ1) is 14.1. The van der Waals surface area contributed by atoms with E-state index in [4.69, 9.17) is 9.84 Å². The lowest BCUT2D eigenvalue weighted by Crippen LogP contribution is -2.39. The van der Waals surface area contributed by atoms with Gasteiger partial charge < -0.3 is 14.7 Å². The summed E-state index contributed by atoms with van der Waals surface area (Å²) in [6.45, 7) is 4.72. The number of thioether (sulfide) groups is 1. The quantitative estimate of drug-likeness (QED) is 0.919. The molecule has 0 radical (unpaired) electrons. The molecule has 4 nitrogen and oxygen atoms in total. The second-order valence-corrected chi connectivity index (χ2v) is 5.79. The van der Waals surface area contributed by atoms with Crippen LogP contribution >= 0.6 is 11.8 Å². The minimum Gasteiger partial charge on any atom is -0.495 e. The molecule has 5 heteroatoms. The minimum absolute atomic E-state index is 0.144. The van der Waals surface area contributed by atoms with E-state index in [1.807, 2.05) is 17.8 Å². The van der Waals surface area contributed by atoms with Crippen molar-refractivity contribution in [1.29, 1.82) is 0 Å². The van der Waals surface area contributed by atoms with E-state index in [0.29, 0.717) is 12.6 Å². The van der Waals surface area contributed by atoms with Crippen molar-refractivity contribution in [1.82, 2.24) is 0 Å². The summed E-state index contributed by atoms with van der Waals surface area (Å²) in [4.78, 5) is 14.2. The van der Waals surface area contributed by atoms with E-state index in [9.17, 15) is 4.79 Å². The van der Waals surface area contributed by atoms with Gasteiger partial charge in [-0.3, -0.25) is 4.79 Å². The lowest BCUT2D eigenvalue weighted by molar-refractivity contribution is -0.136. The normalized spacial score (nSPS) is 18.1. The first-order valence-corrected chi connectivity index (χ1v) is 7.32. The number of rotatable bonds is 4. The maximum absolute atomic E-state index is 10.8. The third-order valence-corrected chi connectivity index (χ3v) is 4.82. The summed E-state index contributed by atoms with van der Waals surface area (Å²) < 4.78 is 5.45. The van der Waals surface area contributed by atoms with Crippen molar-refractivity contribution in [2.24, 2.45) is 0 Å². The Hall–Kier alpha value is -1.36. The Bertz CT molecular complexity index is 490. The molecule has 19 heavy (non-hydrogen) atoms. The summed E-state index contributed by atoms with van der Waals surface area (Å²) in [6, 6.07) is 4.32. The SMILES string of the molecule is COc1ccc(C)c2c1N(CCC(=O)O)C(C)CS2. The highest BCUT2D eigenvalue weighted by Gasteiger charge is 2.28. The van der Waals surface area contributed by atoms with Gasteiger partial charge in [0.1, 0.15) is 5.75 Å². The number of carboxylic acids is 1. The number of carboxylic acid groups (broad SMARTS) is 1. The number of methoxy groups -OCH3 is 1. The Labute approximate surface area is 117 Å². The summed E-state index contributed by atoms with van der Waals surface area (Å²) in [5, 5.41) is 8.90. The first-order chi connectivity index (χ1) is 9.04. The molecule has 0 fully saturated rings. The highest BCUT2D eigenvalue weighted by Crippen LogP contribution is 2.45. The molecule has 1 aromatic carbocycles. The Kier molecular flexibility index (Phi) is 4.24. The highest BCUT2D eigenvalue weighted by molar-refractivity contribution is 7.99. The molecule has 1 N–H and O–H groups in total. The molecule has 0 spiro atoms. The van der Waals surface area contributed by atoms with Crippen LogP contribution in [0.3, 0.4) is 0 Å². The van der Waals surface area contributed by atoms with Crippen LogP contribution in [0.2, 0.25) is 0 Å². The number of ether oxygens (including phenoxy) is 1. The Morgan fingerprint density at radius 2 is 2.32 bits per heavy atom. The van der Waals surface area contributed by atoms with E-state index >= 15 is 0 Å². The molecular weight excluding hydrogens is 262 g/mol. The molecule has 0 bridgehead atoms. The Morgan fingerprint density at radius 3 is 2.95 bits per heavy atom. The molecule has 2 rings (SSSR count). The summed E-state index contributed by atoms with van der Waals surface area (Å²) in [5.41, 5.74) is 2.26. The predicted octanol–water partition coefficient (Wildman–Crippen LogP) is 2.78. The van der Waals surface area contributed by atoms with Crippen LogP contribution in [0.25, 0.3) is 0 Å². The number of aliphatic carboxylic acids is 1. The van der Waals surface area contributed by atoms with E-state index < -0.39 is 5.97 Å². The molecular formula is C14H19NO3S. The van der Waals surface area contributed by atoms with Gasteiger partial charge >= 0.3 is 5.97 Å². The van der Waals surface area contributed by atoms with E-state index in [1.54, 1.807) is 7.11 Å². The second-order valence-electron chi connectivity index (χ2n) is 4.76. The van der Waals surface area contributed by atoms with Crippen molar-refractivity contribution in [2.75, 3.05) is 24.3 Å².